The maximum absolute atomic E-state index is 11.6. The van der Waals surface area contributed by atoms with Crippen molar-refractivity contribution in [1.29, 1.82) is 0 Å². The number of hydrogen-bond donors (Lipinski definition) is 2. The lowest BCUT2D eigenvalue weighted by Crippen LogP contribution is -2.17. The molecule has 0 heterocycles. The van der Waals surface area contributed by atoms with Gasteiger partial charge in [-0.15, -0.1) is 0 Å². The number of nitrogens with zero attached hydrogens (tertiary/aromatic N) is 2. The lowest BCUT2D eigenvalue weighted by Gasteiger charge is -2.04. The summed E-state index contributed by atoms with van der Waals surface area (Å²) in [6.07, 6.45) is -0.535. The Hall–Kier alpha value is -3.68. The number of ether oxygens (including phenoxy) is 2. The van der Waals surface area contributed by atoms with Crippen molar-refractivity contribution in [3.63, 3.8) is 0 Å². The number of benzene rings is 2. The number of hydrogen-bond acceptors (Lipinski definition) is 4. The average Bonchev–Trinajstić information content (AvgIpc) is 2.71. The van der Waals surface area contributed by atoms with Crippen LogP contribution in [0.3, 0.4) is 0 Å². The Balaban J connectivity index is 1.62. The van der Waals surface area contributed by atoms with Gasteiger partial charge in [-0.1, -0.05) is 60.7 Å². The lowest BCUT2D eigenvalue weighted by molar-refractivity contribution is 0.139. The van der Waals surface area contributed by atoms with Crippen LogP contribution in [0.2, 0.25) is 0 Å². The molecular weight excluding hydrogens is 360 g/mol. The summed E-state index contributed by atoms with van der Waals surface area (Å²) in [5.74, 6) is 0.182. The number of nitrogens with two attached hydrogens (primary N) is 2. The molecule has 2 aromatic rings. The minimum atomic E-state index is -0.765. The normalized spacial score (nSPS) is 11.7. The SMILES string of the molecule is N/C(=N\C(=O)OCCCCOC(=O)/N=C(/N)c1ccccc1)c1ccccc1. The zero-order valence-electron chi connectivity index (χ0n) is 15.3. The molecule has 2 amide bonds. The summed E-state index contributed by atoms with van der Waals surface area (Å²) >= 11 is 0. The molecular formula is C20H22N4O4. The summed E-state index contributed by atoms with van der Waals surface area (Å²) in [6.45, 7) is 0.273. The highest BCUT2D eigenvalue weighted by atomic mass is 16.6. The van der Waals surface area contributed by atoms with Crippen LogP contribution >= 0.6 is 0 Å². The molecule has 0 aliphatic carbocycles. The number of unbranched alkanes of at least 4 members (excludes halogenated alkanes) is 1. The third-order valence-corrected chi connectivity index (χ3v) is 3.55. The first kappa shape index (κ1) is 20.6. The monoisotopic (exact) mass is 382 g/mol. The first-order chi connectivity index (χ1) is 13.6. The van der Waals surface area contributed by atoms with Gasteiger partial charge >= 0.3 is 12.2 Å². The highest BCUT2D eigenvalue weighted by Gasteiger charge is 2.05. The molecule has 0 saturated carbocycles. The molecule has 0 spiro atoms. The molecule has 0 unspecified atom stereocenters. The van der Waals surface area contributed by atoms with Crippen LogP contribution in [-0.2, 0) is 9.47 Å². The van der Waals surface area contributed by atoms with E-state index in [1.165, 1.54) is 0 Å². The number of rotatable bonds is 7. The molecule has 8 nitrogen and oxygen atoms in total. The number of aliphatic imine (C=N–C) groups is 2. The molecule has 0 fully saturated rings. The van der Waals surface area contributed by atoms with Gasteiger partial charge in [0.2, 0.25) is 0 Å². The third kappa shape index (κ3) is 7.28. The van der Waals surface area contributed by atoms with Gasteiger partial charge in [0.15, 0.2) is 0 Å². The van der Waals surface area contributed by atoms with E-state index in [4.69, 9.17) is 20.9 Å². The summed E-state index contributed by atoms with van der Waals surface area (Å²) in [5.41, 5.74) is 12.7. The number of carbonyl (C=O) groups excluding carboxylic acids is 2. The van der Waals surface area contributed by atoms with Crippen molar-refractivity contribution in [3.05, 3.63) is 71.8 Å². The van der Waals surface area contributed by atoms with E-state index in [2.05, 4.69) is 9.98 Å². The number of amides is 2. The van der Waals surface area contributed by atoms with Gasteiger partial charge in [0.05, 0.1) is 13.2 Å². The predicted molar refractivity (Wildman–Crippen MR) is 106 cm³/mol. The van der Waals surface area contributed by atoms with E-state index in [0.29, 0.717) is 24.0 Å². The molecule has 0 saturated heterocycles. The molecule has 0 aliphatic heterocycles. The van der Waals surface area contributed by atoms with Crippen LogP contribution in [0, 0.1) is 0 Å². The van der Waals surface area contributed by atoms with Crippen LogP contribution < -0.4 is 11.5 Å². The molecule has 0 radical (unpaired) electrons. The van der Waals surface area contributed by atoms with Crippen molar-refractivity contribution in [2.45, 2.75) is 12.8 Å². The van der Waals surface area contributed by atoms with Gasteiger partial charge in [-0.25, -0.2) is 9.59 Å². The van der Waals surface area contributed by atoms with Crippen LogP contribution in [0.5, 0.6) is 0 Å². The molecule has 2 aromatic carbocycles. The Morgan fingerprint density at radius 1 is 0.679 bits per heavy atom. The zero-order valence-corrected chi connectivity index (χ0v) is 15.3. The average molecular weight is 382 g/mol. The van der Waals surface area contributed by atoms with E-state index in [-0.39, 0.29) is 24.9 Å². The Kier molecular flexibility index (Phi) is 8.19. The van der Waals surface area contributed by atoms with Gasteiger partial charge in [-0.2, -0.15) is 9.98 Å². The number of amidine groups is 2. The first-order valence-electron chi connectivity index (χ1n) is 8.69. The summed E-state index contributed by atoms with van der Waals surface area (Å²) in [4.78, 5) is 30.6. The fourth-order valence-corrected chi connectivity index (χ4v) is 2.13. The molecule has 0 aliphatic rings. The molecule has 0 aromatic heterocycles. The Bertz CT molecular complexity index is 764. The number of carbonyl (C=O) groups is 2. The second-order valence-corrected chi connectivity index (χ2v) is 5.66. The van der Waals surface area contributed by atoms with Crippen LogP contribution in [-0.4, -0.2) is 37.1 Å². The molecule has 2 rings (SSSR count). The van der Waals surface area contributed by atoms with Crippen LogP contribution in [0.4, 0.5) is 9.59 Å². The van der Waals surface area contributed by atoms with Crippen molar-refractivity contribution in [3.8, 4) is 0 Å². The first-order valence-corrected chi connectivity index (χ1v) is 8.69. The highest BCUT2D eigenvalue weighted by Crippen LogP contribution is 2.01. The third-order valence-electron chi connectivity index (χ3n) is 3.55. The van der Waals surface area contributed by atoms with Crippen molar-refractivity contribution in [2.24, 2.45) is 21.5 Å². The van der Waals surface area contributed by atoms with Gasteiger partial charge in [0, 0.05) is 11.1 Å². The van der Waals surface area contributed by atoms with Crippen molar-refractivity contribution < 1.29 is 19.1 Å². The van der Waals surface area contributed by atoms with E-state index in [1.54, 1.807) is 48.5 Å². The van der Waals surface area contributed by atoms with E-state index in [1.807, 2.05) is 12.1 Å². The maximum atomic E-state index is 11.6. The lowest BCUT2D eigenvalue weighted by atomic mass is 10.2. The second kappa shape index (κ2) is 11.1. The van der Waals surface area contributed by atoms with Crippen LogP contribution in [0.1, 0.15) is 24.0 Å². The van der Waals surface area contributed by atoms with Gasteiger partial charge in [-0.3, -0.25) is 0 Å². The van der Waals surface area contributed by atoms with E-state index < -0.39 is 12.2 Å². The quantitative estimate of drug-likeness (QED) is 0.430. The molecule has 0 bridgehead atoms. The van der Waals surface area contributed by atoms with Crippen molar-refractivity contribution in [2.75, 3.05) is 13.2 Å². The van der Waals surface area contributed by atoms with Crippen LogP contribution in [0.25, 0.3) is 0 Å². The molecule has 8 heteroatoms. The topological polar surface area (TPSA) is 129 Å². The summed E-state index contributed by atoms with van der Waals surface area (Å²) < 4.78 is 9.94. The van der Waals surface area contributed by atoms with Gasteiger partial charge < -0.3 is 20.9 Å². The zero-order chi connectivity index (χ0) is 20.2. The Labute approximate surface area is 162 Å². The molecule has 0 atom stereocenters. The van der Waals surface area contributed by atoms with Gasteiger partial charge in [0.1, 0.15) is 11.7 Å². The summed E-state index contributed by atoms with van der Waals surface area (Å²) in [7, 11) is 0. The predicted octanol–water partition coefficient (Wildman–Crippen LogP) is 2.85. The van der Waals surface area contributed by atoms with Gasteiger partial charge in [-0.05, 0) is 12.8 Å². The smallest absolute Gasteiger partial charge is 0.435 e. The largest absolute Gasteiger partial charge is 0.448 e. The summed E-state index contributed by atoms with van der Waals surface area (Å²) in [6, 6.07) is 17.8. The summed E-state index contributed by atoms with van der Waals surface area (Å²) in [5, 5.41) is 0. The molecule has 28 heavy (non-hydrogen) atoms. The Morgan fingerprint density at radius 3 is 1.39 bits per heavy atom. The van der Waals surface area contributed by atoms with Crippen molar-refractivity contribution >= 4 is 23.9 Å². The fraction of sp³-hybridized carbons (Fsp3) is 0.200. The highest BCUT2D eigenvalue weighted by molar-refractivity contribution is 6.03. The fourth-order valence-electron chi connectivity index (χ4n) is 2.13. The molecule has 4 N–H and O–H groups in total. The van der Waals surface area contributed by atoms with E-state index in [9.17, 15) is 9.59 Å². The second-order valence-electron chi connectivity index (χ2n) is 5.66. The maximum Gasteiger partial charge on any atom is 0.435 e. The standard InChI is InChI=1S/C20H22N4O4/c21-17(15-9-3-1-4-10-15)23-19(25)27-13-7-8-14-28-20(26)24-18(22)16-11-5-2-6-12-16/h1-6,9-12H,7-8,13-14H2,(H2,21,23,25)(H2,22,24,26). The minimum absolute atomic E-state index is 0.0911. The van der Waals surface area contributed by atoms with E-state index >= 15 is 0 Å². The van der Waals surface area contributed by atoms with Gasteiger partial charge in [0.25, 0.3) is 0 Å². The minimum Gasteiger partial charge on any atom is -0.448 e. The Morgan fingerprint density at radius 2 is 1.04 bits per heavy atom. The van der Waals surface area contributed by atoms with E-state index in [0.717, 1.165) is 0 Å². The molecule has 146 valence electrons. The van der Waals surface area contributed by atoms with Crippen molar-refractivity contribution in [1.82, 2.24) is 0 Å². The van der Waals surface area contributed by atoms with Crippen LogP contribution in [0.15, 0.2) is 70.6 Å².